The van der Waals surface area contributed by atoms with Gasteiger partial charge in [-0.25, -0.2) is 4.98 Å². The highest BCUT2D eigenvalue weighted by Gasteiger charge is 2.13. The molecule has 0 saturated heterocycles. The van der Waals surface area contributed by atoms with Crippen LogP contribution in [0.5, 0.6) is 0 Å². The van der Waals surface area contributed by atoms with Crippen LogP contribution in [0.2, 0.25) is 0 Å². The van der Waals surface area contributed by atoms with Crippen LogP contribution in [0.15, 0.2) is 51.7 Å². The highest BCUT2D eigenvalue weighted by molar-refractivity contribution is 9.10. The second kappa shape index (κ2) is 6.30. The molecule has 1 aromatic heterocycles. The summed E-state index contributed by atoms with van der Waals surface area (Å²) >= 11 is 6.74. The minimum Gasteiger partial charge on any atom is -0.345 e. The van der Waals surface area contributed by atoms with Gasteiger partial charge in [0.15, 0.2) is 0 Å². The maximum absolute atomic E-state index is 12.1. The molecule has 1 aromatic carbocycles. The lowest BCUT2D eigenvalue weighted by Gasteiger charge is -2.15. The van der Waals surface area contributed by atoms with Gasteiger partial charge in [-0.1, -0.05) is 34.1 Å². The van der Waals surface area contributed by atoms with Crippen molar-refractivity contribution in [2.75, 3.05) is 0 Å². The van der Waals surface area contributed by atoms with Crippen molar-refractivity contribution < 1.29 is 4.79 Å². The summed E-state index contributed by atoms with van der Waals surface area (Å²) in [6.45, 7) is 1.95. The predicted molar refractivity (Wildman–Crippen MR) is 82.0 cm³/mol. The van der Waals surface area contributed by atoms with Gasteiger partial charge in [0.2, 0.25) is 0 Å². The van der Waals surface area contributed by atoms with Crippen molar-refractivity contribution in [3.63, 3.8) is 0 Å². The van der Waals surface area contributed by atoms with Gasteiger partial charge in [-0.15, -0.1) is 0 Å². The molecule has 98 valence electrons. The molecule has 0 saturated carbocycles. The molecule has 1 atom stereocenters. The van der Waals surface area contributed by atoms with Gasteiger partial charge in [0.05, 0.1) is 6.04 Å². The van der Waals surface area contributed by atoms with Crippen molar-refractivity contribution in [1.82, 2.24) is 10.3 Å². The number of hydrogen-bond donors (Lipinski definition) is 1. The van der Waals surface area contributed by atoms with Crippen molar-refractivity contribution in [2.45, 2.75) is 13.0 Å². The van der Waals surface area contributed by atoms with E-state index in [1.807, 2.05) is 31.2 Å². The highest BCUT2D eigenvalue weighted by Crippen LogP contribution is 2.23. The first kappa shape index (κ1) is 14.2. The van der Waals surface area contributed by atoms with Gasteiger partial charge in [0, 0.05) is 16.2 Å². The fraction of sp³-hybridized carbons (Fsp3) is 0.143. The minimum atomic E-state index is -0.119. The summed E-state index contributed by atoms with van der Waals surface area (Å²) < 4.78 is 1.63. The van der Waals surface area contributed by atoms with Gasteiger partial charge in [-0.05, 0) is 46.6 Å². The molecular weight excluding hydrogens is 372 g/mol. The summed E-state index contributed by atoms with van der Waals surface area (Å²) in [4.78, 5) is 16.1. The molecule has 1 N–H and O–H groups in total. The third kappa shape index (κ3) is 3.64. The molecule has 3 nitrogen and oxygen atoms in total. The summed E-state index contributed by atoms with van der Waals surface area (Å²) in [6.07, 6.45) is 1.60. The lowest BCUT2D eigenvalue weighted by Crippen LogP contribution is -2.26. The Balaban J connectivity index is 2.13. The van der Waals surface area contributed by atoms with Crippen molar-refractivity contribution in [3.8, 4) is 0 Å². The average molecular weight is 384 g/mol. The molecule has 0 aliphatic carbocycles. The molecule has 0 fully saturated rings. The minimum absolute atomic E-state index is 0.0741. The van der Waals surface area contributed by atoms with Crippen molar-refractivity contribution in [3.05, 3.63) is 62.8 Å². The molecule has 0 bridgehead atoms. The highest BCUT2D eigenvalue weighted by atomic mass is 79.9. The fourth-order valence-corrected chi connectivity index (χ4v) is 2.72. The summed E-state index contributed by atoms with van der Waals surface area (Å²) in [5.74, 6) is -0.119. The molecule has 1 heterocycles. The number of carbonyl (C=O) groups excluding carboxylic acids is 1. The Bertz CT molecular complexity index is 602. The Morgan fingerprint density at radius 2 is 2.00 bits per heavy atom. The largest absolute Gasteiger partial charge is 0.345 e. The topological polar surface area (TPSA) is 42.0 Å². The van der Waals surface area contributed by atoms with Gasteiger partial charge in [-0.3, -0.25) is 4.79 Å². The second-order valence-electron chi connectivity index (χ2n) is 4.08. The molecule has 19 heavy (non-hydrogen) atoms. The first-order valence-electron chi connectivity index (χ1n) is 5.75. The van der Waals surface area contributed by atoms with E-state index in [-0.39, 0.29) is 11.9 Å². The van der Waals surface area contributed by atoms with Gasteiger partial charge in [-0.2, -0.15) is 0 Å². The molecule has 2 rings (SSSR count). The van der Waals surface area contributed by atoms with Crippen LogP contribution in [0.1, 0.15) is 28.9 Å². The van der Waals surface area contributed by atoms with E-state index in [0.717, 1.165) is 10.0 Å². The van der Waals surface area contributed by atoms with Crippen LogP contribution in [0.25, 0.3) is 0 Å². The Hall–Kier alpha value is -1.20. The molecule has 0 radical (unpaired) electrons. The molecule has 0 spiro atoms. The predicted octanol–water partition coefficient (Wildman–Crippen LogP) is 4.10. The number of rotatable bonds is 3. The second-order valence-corrected chi connectivity index (χ2v) is 5.75. The lowest BCUT2D eigenvalue weighted by molar-refractivity contribution is 0.0939. The number of carbonyl (C=O) groups is 1. The van der Waals surface area contributed by atoms with Gasteiger partial charge >= 0.3 is 0 Å². The molecule has 1 amide bonds. The molecule has 1 unspecified atom stereocenters. The van der Waals surface area contributed by atoms with Crippen LogP contribution in [-0.4, -0.2) is 10.9 Å². The zero-order valence-electron chi connectivity index (χ0n) is 10.2. The van der Waals surface area contributed by atoms with E-state index < -0.39 is 0 Å². The number of aromatic nitrogens is 1. The number of amides is 1. The van der Waals surface area contributed by atoms with Gasteiger partial charge in [0.1, 0.15) is 4.60 Å². The fourth-order valence-electron chi connectivity index (χ4n) is 1.73. The normalized spacial score (nSPS) is 11.9. The SMILES string of the molecule is CC(NC(=O)c1ccnc(Br)c1)c1ccccc1Br. The van der Waals surface area contributed by atoms with Crippen LogP contribution < -0.4 is 5.32 Å². The number of nitrogens with zero attached hydrogens (tertiary/aromatic N) is 1. The van der Waals surface area contributed by atoms with E-state index in [1.54, 1.807) is 18.3 Å². The van der Waals surface area contributed by atoms with E-state index in [0.29, 0.717) is 10.2 Å². The van der Waals surface area contributed by atoms with Crippen LogP contribution in [-0.2, 0) is 0 Å². The zero-order chi connectivity index (χ0) is 13.8. The van der Waals surface area contributed by atoms with E-state index in [4.69, 9.17) is 0 Å². The average Bonchev–Trinajstić information content (AvgIpc) is 2.39. The molecule has 0 aliphatic rings. The monoisotopic (exact) mass is 382 g/mol. The lowest BCUT2D eigenvalue weighted by atomic mass is 10.1. The van der Waals surface area contributed by atoms with Crippen LogP contribution in [0.3, 0.4) is 0 Å². The number of benzene rings is 1. The molecule has 2 aromatic rings. The maximum Gasteiger partial charge on any atom is 0.251 e. The number of nitrogens with one attached hydrogen (secondary N) is 1. The summed E-state index contributed by atoms with van der Waals surface area (Å²) in [7, 11) is 0. The zero-order valence-corrected chi connectivity index (χ0v) is 13.4. The Morgan fingerprint density at radius 3 is 2.68 bits per heavy atom. The van der Waals surface area contributed by atoms with E-state index >= 15 is 0 Å². The summed E-state index contributed by atoms with van der Waals surface area (Å²) in [5.41, 5.74) is 1.63. The third-order valence-corrected chi connectivity index (χ3v) is 3.86. The quantitative estimate of drug-likeness (QED) is 0.810. The Kier molecular flexibility index (Phi) is 4.71. The van der Waals surface area contributed by atoms with E-state index in [1.165, 1.54) is 0 Å². The number of pyridine rings is 1. The standard InChI is InChI=1S/C14H12Br2N2O/c1-9(11-4-2-3-5-12(11)15)18-14(19)10-6-7-17-13(16)8-10/h2-9H,1H3,(H,18,19). The number of halogens is 2. The summed E-state index contributed by atoms with van der Waals surface area (Å²) in [5, 5.41) is 2.96. The molecule has 0 aliphatic heterocycles. The van der Waals surface area contributed by atoms with E-state index in [2.05, 4.69) is 42.2 Å². The van der Waals surface area contributed by atoms with Crippen LogP contribution in [0.4, 0.5) is 0 Å². The molecule has 5 heteroatoms. The smallest absolute Gasteiger partial charge is 0.251 e. The van der Waals surface area contributed by atoms with Gasteiger partial charge in [0.25, 0.3) is 5.91 Å². The van der Waals surface area contributed by atoms with Crippen LogP contribution in [0, 0.1) is 0 Å². The Morgan fingerprint density at radius 1 is 1.26 bits per heavy atom. The van der Waals surface area contributed by atoms with Crippen molar-refractivity contribution in [2.24, 2.45) is 0 Å². The first-order chi connectivity index (χ1) is 9.08. The first-order valence-corrected chi connectivity index (χ1v) is 7.33. The van der Waals surface area contributed by atoms with Gasteiger partial charge < -0.3 is 5.32 Å². The van der Waals surface area contributed by atoms with Crippen LogP contribution >= 0.6 is 31.9 Å². The third-order valence-electron chi connectivity index (χ3n) is 2.71. The molecular formula is C14H12Br2N2O. The van der Waals surface area contributed by atoms with Crippen molar-refractivity contribution >= 4 is 37.8 Å². The Labute approximate surface area is 128 Å². The van der Waals surface area contributed by atoms with E-state index in [9.17, 15) is 4.79 Å². The number of hydrogen-bond acceptors (Lipinski definition) is 2. The maximum atomic E-state index is 12.1. The summed E-state index contributed by atoms with van der Waals surface area (Å²) in [6, 6.07) is 11.1. The van der Waals surface area contributed by atoms with Crippen molar-refractivity contribution in [1.29, 1.82) is 0 Å².